The monoisotopic (exact) mass is 248 g/mol. The number of carbonyl (C=O) groups excluding carboxylic acids is 1. The van der Waals surface area contributed by atoms with E-state index in [0.717, 1.165) is 12.0 Å². The van der Waals surface area contributed by atoms with Gasteiger partial charge in [-0.2, -0.15) is 0 Å². The van der Waals surface area contributed by atoms with Gasteiger partial charge in [-0.1, -0.05) is 29.8 Å². The summed E-state index contributed by atoms with van der Waals surface area (Å²) in [4.78, 5) is 11.3. The van der Waals surface area contributed by atoms with Gasteiger partial charge in [0.15, 0.2) is 0 Å². The lowest BCUT2D eigenvalue weighted by Crippen LogP contribution is -2.33. The molecule has 0 atom stereocenters. The third-order valence-corrected chi connectivity index (χ3v) is 2.34. The van der Waals surface area contributed by atoms with Crippen LogP contribution < -0.4 is 10.6 Å². The summed E-state index contributed by atoms with van der Waals surface area (Å²) in [7, 11) is 1.64. The first-order chi connectivity index (χ1) is 8.72. The summed E-state index contributed by atoms with van der Waals surface area (Å²) in [5, 5.41) is 5.39. The smallest absolute Gasteiger partial charge is 0.318 e. The van der Waals surface area contributed by atoms with Crippen molar-refractivity contribution in [2.75, 3.05) is 20.3 Å². The molecule has 98 valence electrons. The van der Waals surface area contributed by atoms with Crippen molar-refractivity contribution in [3.8, 4) is 0 Å². The van der Waals surface area contributed by atoms with Gasteiger partial charge >= 0.3 is 6.03 Å². The van der Waals surface area contributed by atoms with Gasteiger partial charge in [-0.05, 0) is 25.0 Å². The number of benzene rings is 1. The summed E-state index contributed by atoms with van der Waals surface area (Å²) in [5.41, 5.74) is 2.26. The number of aryl methyl sites for hydroxylation is 1. The second kappa shape index (κ2) is 8.31. The van der Waals surface area contributed by atoms with Crippen LogP contribution in [0.4, 0.5) is 4.79 Å². The fraction of sp³-hybridized carbons (Fsp3) is 0.357. The fourth-order valence-electron chi connectivity index (χ4n) is 1.46. The summed E-state index contributed by atoms with van der Waals surface area (Å²) in [6.45, 7) is 3.30. The van der Waals surface area contributed by atoms with Crippen LogP contribution in [0.15, 0.2) is 30.5 Å². The van der Waals surface area contributed by atoms with Crippen molar-refractivity contribution in [2.24, 2.45) is 0 Å². The molecule has 2 N–H and O–H groups in total. The summed E-state index contributed by atoms with van der Waals surface area (Å²) in [6, 6.07) is 7.86. The topological polar surface area (TPSA) is 50.4 Å². The van der Waals surface area contributed by atoms with Crippen LogP contribution in [0.5, 0.6) is 0 Å². The van der Waals surface area contributed by atoms with Crippen LogP contribution in [0.3, 0.4) is 0 Å². The fourth-order valence-corrected chi connectivity index (χ4v) is 1.46. The Morgan fingerprint density at radius 2 is 2.28 bits per heavy atom. The largest absolute Gasteiger partial charge is 0.385 e. The van der Waals surface area contributed by atoms with Gasteiger partial charge in [0.1, 0.15) is 0 Å². The minimum Gasteiger partial charge on any atom is -0.385 e. The first-order valence-electron chi connectivity index (χ1n) is 5.99. The first-order valence-corrected chi connectivity index (χ1v) is 5.99. The normalized spacial score (nSPS) is 10.6. The Hall–Kier alpha value is -1.81. The van der Waals surface area contributed by atoms with Crippen molar-refractivity contribution in [1.82, 2.24) is 10.6 Å². The van der Waals surface area contributed by atoms with E-state index in [9.17, 15) is 4.79 Å². The Morgan fingerprint density at radius 1 is 1.44 bits per heavy atom. The summed E-state index contributed by atoms with van der Waals surface area (Å²) in [6.07, 6.45) is 4.31. The van der Waals surface area contributed by atoms with Gasteiger partial charge in [-0.15, -0.1) is 0 Å². The molecule has 1 aromatic carbocycles. The summed E-state index contributed by atoms with van der Waals surface area (Å²) in [5.74, 6) is 0. The van der Waals surface area contributed by atoms with Crippen molar-refractivity contribution in [3.05, 3.63) is 41.6 Å². The van der Waals surface area contributed by atoms with E-state index in [4.69, 9.17) is 4.74 Å². The maximum atomic E-state index is 11.3. The lowest BCUT2D eigenvalue weighted by atomic mass is 10.1. The lowest BCUT2D eigenvalue weighted by Gasteiger charge is -2.03. The van der Waals surface area contributed by atoms with Crippen molar-refractivity contribution < 1.29 is 9.53 Å². The molecule has 0 aliphatic heterocycles. The number of nitrogens with one attached hydrogen (secondary N) is 2. The van der Waals surface area contributed by atoms with Crippen LogP contribution in [0.1, 0.15) is 17.5 Å². The molecule has 0 radical (unpaired) electrons. The number of carbonyl (C=O) groups is 1. The minimum atomic E-state index is -0.199. The molecule has 0 aliphatic rings. The Balaban J connectivity index is 2.25. The molecule has 0 spiro atoms. The molecule has 4 nitrogen and oxygen atoms in total. The van der Waals surface area contributed by atoms with E-state index in [1.165, 1.54) is 5.56 Å². The zero-order chi connectivity index (χ0) is 13.2. The van der Waals surface area contributed by atoms with E-state index in [-0.39, 0.29) is 6.03 Å². The molecular weight excluding hydrogens is 228 g/mol. The van der Waals surface area contributed by atoms with Crippen molar-refractivity contribution in [1.29, 1.82) is 0 Å². The van der Waals surface area contributed by atoms with Gasteiger partial charge in [0.05, 0.1) is 0 Å². The molecule has 18 heavy (non-hydrogen) atoms. The Kier molecular flexibility index (Phi) is 6.58. The molecular formula is C14H20N2O2. The van der Waals surface area contributed by atoms with E-state index in [1.807, 2.05) is 31.2 Å². The van der Waals surface area contributed by atoms with E-state index >= 15 is 0 Å². The van der Waals surface area contributed by atoms with Crippen molar-refractivity contribution in [2.45, 2.75) is 13.3 Å². The highest BCUT2D eigenvalue weighted by atomic mass is 16.5. The SMILES string of the molecule is COCCCNC(=O)N/C=C/c1cccc(C)c1. The Morgan fingerprint density at radius 3 is 3.00 bits per heavy atom. The molecule has 0 saturated heterocycles. The van der Waals surface area contributed by atoms with Crippen molar-refractivity contribution in [3.63, 3.8) is 0 Å². The molecule has 1 aromatic rings. The lowest BCUT2D eigenvalue weighted by molar-refractivity contribution is 0.193. The van der Waals surface area contributed by atoms with Crippen LogP contribution in [-0.4, -0.2) is 26.3 Å². The Bertz CT molecular complexity index is 403. The molecule has 0 bridgehead atoms. The average molecular weight is 248 g/mol. The predicted octanol–water partition coefficient (Wildman–Crippen LogP) is 2.30. The van der Waals surface area contributed by atoms with Gasteiger partial charge in [-0.25, -0.2) is 4.79 Å². The van der Waals surface area contributed by atoms with Gasteiger partial charge in [-0.3, -0.25) is 0 Å². The molecule has 0 fully saturated rings. The van der Waals surface area contributed by atoms with Gasteiger partial charge in [0.2, 0.25) is 0 Å². The third-order valence-electron chi connectivity index (χ3n) is 2.34. The van der Waals surface area contributed by atoms with E-state index in [1.54, 1.807) is 13.3 Å². The maximum Gasteiger partial charge on any atom is 0.318 e. The van der Waals surface area contributed by atoms with Crippen LogP contribution in [0.2, 0.25) is 0 Å². The van der Waals surface area contributed by atoms with E-state index in [0.29, 0.717) is 13.2 Å². The number of methoxy groups -OCH3 is 1. The molecule has 0 aromatic heterocycles. The van der Waals surface area contributed by atoms with Gasteiger partial charge in [0, 0.05) is 26.5 Å². The zero-order valence-corrected chi connectivity index (χ0v) is 10.9. The number of urea groups is 1. The highest BCUT2D eigenvalue weighted by Crippen LogP contribution is 2.04. The van der Waals surface area contributed by atoms with E-state index < -0.39 is 0 Å². The number of amides is 2. The van der Waals surface area contributed by atoms with Gasteiger partial charge < -0.3 is 15.4 Å². The van der Waals surface area contributed by atoms with Crippen LogP contribution in [-0.2, 0) is 4.74 Å². The van der Waals surface area contributed by atoms with Crippen LogP contribution >= 0.6 is 0 Å². The predicted molar refractivity (Wildman–Crippen MR) is 73.2 cm³/mol. The number of hydrogen-bond acceptors (Lipinski definition) is 2. The molecule has 0 aliphatic carbocycles. The second-order valence-corrected chi connectivity index (χ2v) is 3.99. The van der Waals surface area contributed by atoms with E-state index in [2.05, 4.69) is 16.7 Å². The van der Waals surface area contributed by atoms with Crippen molar-refractivity contribution >= 4 is 12.1 Å². The molecule has 1 rings (SSSR count). The quantitative estimate of drug-likeness (QED) is 0.759. The summed E-state index contributed by atoms with van der Waals surface area (Å²) >= 11 is 0. The van der Waals surface area contributed by atoms with Crippen LogP contribution in [0, 0.1) is 6.92 Å². The Labute approximate surface area is 108 Å². The minimum absolute atomic E-state index is 0.199. The summed E-state index contributed by atoms with van der Waals surface area (Å²) < 4.78 is 4.89. The molecule has 2 amide bonds. The molecule has 0 heterocycles. The zero-order valence-electron chi connectivity index (χ0n) is 10.9. The number of rotatable bonds is 6. The molecule has 0 unspecified atom stereocenters. The molecule has 4 heteroatoms. The average Bonchev–Trinajstić information content (AvgIpc) is 2.35. The number of hydrogen-bond donors (Lipinski definition) is 2. The van der Waals surface area contributed by atoms with Crippen LogP contribution in [0.25, 0.3) is 6.08 Å². The standard InChI is InChI=1S/C14H20N2O2/c1-12-5-3-6-13(11-12)7-9-16-14(17)15-8-4-10-18-2/h3,5-7,9,11H,4,8,10H2,1-2H3,(H2,15,16,17)/b9-7+. The first kappa shape index (κ1) is 14.3. The number of ether oxygens (including phenoxy) is 1. The third kappa shape index (κ3) is 6.06. The second-order valence-electron chi connectivity index (χ2n) is 3.99. The maximum absolute atomic E-state index is 11.3. The highest BCUT2D eigenvalue weighted by Gasteiger charge is 1.95. The highest BCUT2D eigenvalue weighted by molar-refractivity contribution is 5.75. The molecule has 0 saturated carbocycles. The van der Waals surface area contributed by atoms with Gasteiger partial charge in [0.25, 0.3) is 0 Å².